The number of aryl methyl sites for hydroxylation is 8. The third-order valence-corrected chi connectivity index (χ3v) is 2.89. The van der Waals surface area contributed by atoms with Crippen LogP contribution in [0.1, 0.15) is 28.7 Å². The van der Waals surface area contributed by atoms with E-state index in [1.54, 1.807) is 11.7 Å². The first-order valence-electron chi connectivity index (χ1n) is 7.18. The van der Waals surface area contributed by atoms with Crippen molar-refractivity contribution in [3.05, 3.63) is 41.0 Å². The Hall–Kier alpha value is -0.302. The average Bonchev–Trinajstić information content (AvgIpc) is 3.04. The third kappa shape index (κ3) is 10.4. The summed E-state index contributed by atoms with van der Waals surface area (Å²) in [6, 6.07) is 3.06. The van der Waals surface area contributed by atoms with E-state index < -0.39 is 0 Å². The van der Waals surface area contributed by atoms with E-state index in [0.29, 0.717) is 0 Å². The number of nitrogens with zero attached hydrogens (tertiary/aromatic N) is 8. The molecule has 0 aliphatic carbocycles. The molecule has 132 valence electrons. The molecule has 3 rings (SSSR count). The molecule has 0 atom stereocenters. The van der Waals surface area contributed by atoms with Crippen LogP contribution in [0.4, 0.5) is 0 Å². The summed E-state index contributed by atoms with van der Waals surface area (Å²) in [6.45, 7) is 9.59. The summed E-state index contributed by atoms with van der Waals surface area (Å²) in [5.74, 6) is 1.80. The van der Waals surface area contributed by atoms with Crippen LogP contribution in [-0.2, 0) is 86.6 Å². The van der Waals surface area contributed by atoms with E-state index in [4.69, 9.17) is 0 Å². The number of aromatic nitrogens is 8. The quantitative estimate of drug-likeness (QED) is 0.439. The summed E-state index contributed by atoms with van der Waals surface area (Å²) in [5, 5.41) is 15.6. The first kappa shape index (κ1) is 26.9. The van der Waals surface area contributed by atoms with Gasteiger partial charge in [0, 0.05) is 86.6 Å². The van der Waals surface area contributed by atoms with Crippen molar-refractivity contribution in [2.75, 3.05) is 0 Å². The molecule has 3 aromatic heterocycles. The SMILES string of the molecule is Cc1[c-]c(C)n(C)n1.Cc1[c-]nn(C)n1.Cc1nc(C)n(C)n1.[Y].[Y]. The summed E-state index contributed by atoms with van der Waals surface area (Å²) >= 11 is 0. The summed E-state index contributed by atoms with van der Waals surface area (Å²) < 4.78 is 3.57. The van der Waals surface area contributed by atoms with E-state index in [2.05, 4.69) is 37.6 Å². The predicted octanol–water partition coefficient (Wildman–Crippen LogP) is 1.19. The van der Waals surface area contributed by atoms with Crippen LogP contribution in [0, 0.1) is 46.9 Å². The zero-order valence-corrected chi connectivity index (χ0v) is 21.9. The van der Waals surface area contributed by atoms with Crippen LogP contribution in [-0.4, -0.2) is 39.5 Å². The van der Waals surface area contributed by atoms with Gasteiger partial charge in [-0.25, -0.2) is 20.0 Å². The normalized spacial score (nSPS) is 8.96. The molecule has 0 amide bonds. The molecule has 25 heavy (non-hydrogen) atoms. The maximum atomic E-state index is 4.07. The molecular formula is C15H24N8Y2-2. The van der Waals surface area contributed by atoms with E-state index in [1.807, 2.05) is 53.4 Å². The third-order valence-electron chi connectivity index (χ3n) is 2.89. The molecule has 2 radical (unpaired) electrons. The second-order valence-electron chi connectivity index (χ2n) is 5.14. The molecule has 0 aliphatic heterocycles. The van der Waals surface area contributed by atoms with Crippen molar-refractivity contribution in [3.8, 4) is 0 Å². The van der Waals surface area contributed by atoms with Crippen molar-refractivity contribution in [1.29, 1.82) is 0 Å². The van der Waals surface area contributed by atoms with Gasteiger partial charge in [-0.1, -0.05) is 20.8 Å². The van der Waals surface area contributed by atoms with Gasteiger partial charge in [-0.15, -0.1) is 17.1 Å². The standard InChI is InChI=1S/C6H9N2.C5H9N3.C4H6N3.2Y/c1-5-4-6(2)8(3)7-5;1-4-6-5(2)8(3)7-4;1-4-3-5-7(2)6-4;;/h2*1-3H3;1-2H3;;/q-1;;-1;;. The van der Waals surface area contributed by atoms with Gasteiger partial charge in [-0.05, 0) is 13.8 Å². The molecule has 0 fully saturated rings. The fourth-order valence-electron chi connectivity index (χ4n) is 1.69. The van der Waals surface area contributed by atoms with Crippen LogP contribution in [0.3, 0.4) is 0 Å². The molecule has 0 aliphatic rings. The number of rotatable bonds is 0. The zero-order chi connectivity index (χ0) is 17.6. The molecule has 0 saturated heterocycles. The summed E-state index contributed by atoms with van der Waals surface area (Å²) in [6.07, 6.45) is 2.67. The van der Waals surface area contributed by atoms with Crippen molar-refractivity contribution in [2.24, 2.45) is 21.1 Å². The van der Waals surface area contributed by atoms with Crippen molar-refractivity contribution in [3.63, 3.8) is 0 Å². The Labute approximate surface area is 199 Å². The molecule has 0 bridgehead atoms. The Kier molecular flexibility index (Phi) is 14.0. The van der Waals surface area contributed by atoms with Gasteiger partial charge in [0.05, 0.1) is 0 Å². The molecule has 3 aromatic rings. The van der Waals surface area contributed by atoms with E-state index in [0.717, 1.165) is 28.7 Å². The molecular weight excluding hydrogens is 470 g/mol. The number of hydrogen-bond acceptors (Lipinski definition) is 5. The van der Waals surface area contributed by atoms with Gasteiger partial charge in [0.15, 0.2) is 0 Å². The van der Waals surface area contributed by atoms with E-state index in [-0.39, 0.29) is 65.4 Å². The van der Waals surface area contributed by atoms with Gasteiger partial charge in [0.2, 0.25) is 0 Å². The minimum Gasteiger partial charge on any atom is -0.426 e. The molecule has 0 spiro atoms. The van der Waals surface area contributed by atoms with Gasteiger partial charge in [0.25, 0.3) is 0 Å². The van der Waals surface area contributed by atoms with Crippen molar-refractivity contribution < 1.29 is 65.4 Å². The molecule has 0 saturated carbocycles. The molecule has 3 heterocycles. The molecule has 0 unspecified atom stereocenters. The molecule has 0 N–H and O–H groups in total. The molecule has 8 nitrogen and oxygen atoms in total. The average molecular weight is 494 g/mol. The minimum absolute atomic E-state index is 0. The minimum atomic E-state index is 0. The first-order valence-corrected chi connectivity index (χ1v) is 7.18. The van der Waals surface area contributed by atoms with Crippen molar-refractivity contribution in [1.82, 2.24) is 39.5 Å². The van der Waals surface area contributed by atoms with E-state index >= 15 is 0 Å². The van der Waals surface area contributed by atoms with Gasteiger partial charge in [-0.2, -0.15) is 5.10 Å². The monoisotopic (exact) mass is 494 g/mol. The van der Waals surface area contributed by atoms with Gasteiger partial charge < -0.3 is 22.0 Å². The topological polar surface area (TPSA) is 79.2 Å². The van der Waals surface area contributed by atoms with Gasteiger partial charge >= 0.3 is 0 Å². The van der Waals surface area contributed by atoms with Crippen LogP contribution in [0.25, 0.3) is 0 Å². The Balaban J connectivity index is 0. The van der Waals surface area contributed by atoms with Gasteiger partial charge in [-0.3, -0.25) is 4.68 Å². The summed E-state index contributed by atoms with van der Waals surface area (Å²) in [4.78, 5) is 5.54. The van der Waals surface area contributed by atoms with Gasteiger partial charge in [0.1, 0.15) is 11.6 Å². The van der Waals surface area contributed by atoms with E-state index in [9.17, 15) is 0 Å². The maximum Gasteiger partial charge on any atom is 0.147 e. The zero-order valence-electron chi connectivity index (χ0n) is 16.2. The van der Waals surface area contributed by atoms with Crippen molar-refractivity contribution in [2.45, 2.75) is 34.6 Å². The second-order valence-corrected chi connectivity index (χ2v) is 5.14. The Morgan fingerprint density at radius 1 is 0.760 bits per heavy atom. The summed E-state index contributed by atoms with van der Waals surface area (Å²) in [5.41, 5.74) is 2.88. The van der Waals surface area contributed by atoms with Crippen LogP contribution >= 0.6 is 0 Å². The Morgan fingerprint density at radius 3 is 1.48 bits per heavy atom. The predicted molar refractivity (Wildman–Crippen MR) is 86.6 cm³/mol. The Morgan fingerprint density at radius 2 is 1.36 bits per heavy atom. The fourth-order valence-corrected chi connectivity index (χ4v) is 1.69. The summed E-state index contributed by atoms with van der Waals surface area (Å²) in [7, 11) is 5.57. The smallest absolute Gasteiger partial charge is 0.147 e. The van der Waals surface area contributed by atoms with Crippen LogP contribution in [0.15, 0.2) is 0 Å². The largest absolute Gasteiger partial charge is 0.426 e. The maximum absolute atomic E-state index is 4.07. The molecule has 0 aromatic carbocycles. The van der Waals surface area contributed by atoms with Crippen LogP contribution in [0.2, 0.25) is 0 Å². The van der Waals surface area contributed by atoms with Crippen LogP contribution < -0.4 is 0 Å². The Bertz CT molecular complexity index is 645. The van der Waals surface area contributed by atoms with Crippen molar-refractivity contribution >= 4 is 0 Å². The first-order chi connectivity index (χ1) is 10.7. The van der Waals surface area contributed by atoms with E-state index in [1.165, 1.54) is 4.80 Å². The fraction of sp³-hybridized carbons (Fsp3) is 0.533. The van der Waals surface area contributed by atoms with Crippen LogP contribution in [0.5, 0.6) is 0 Å². The second kappa shape index (κ2) is 13.0. The number of hydrogen-bond donors (Lipinski definition) is 0. The molecule has 10 heteroatoms.